The van der Waals surface area contributed by atoms with E-state index in [1.165, 1.54) is 32.1 Å². The molecule has 0 aromatic rings. The first-order valence-electron chi connectivity index (χ1n) is 7.33. The first-order chi connectivity index (χ1) is 8.25. The molecule has 2 N–H and O–H groups in total. The summed E-state index contributed by atoms with van der Waals surface area (Å²) in [5.41, 5.74) is 0. The molecule has 0 aromatic carbocycles. The minimum absolute atomic E-state index is 0.544. The first kappa shape index (κ1) is 13.3. The van der Waals surface area contributed by atoms with E-state index in [0.29, 0.717) is 18.1 Å². The van der Waals surface area contributed by atoms with Crippen LogP contribution in [-0.4, -0.2) is 37.9 Å². The average molecular weight is 240 g/mol. The van der Waals surface area contributed by atoms with Gasteiger partial charge in [0, 0.05) is 24.7 Å². The minimum atomic E-state index is 0.544. The molecule has 0 spiro atoms. The fourth-order valence-electron chi connectivity index (χ4n) is 3.31. The Hall–Kier alpha value is -0.120. The number of hydrogen-bond acceptors (Lipinski definition) is 3. The van der Waals surface area contributed by atoms with Crippen molar-refractivity contribution < 1.29 is 4.74 Å². The van der Waals surface area contributed by atoms with E-state index < -0.39 is 0 Å². The maximum Gasteiger partial charge on any atom is 0.0620 e. The fraction of sp³-hybridized carbons (Fsp3) is 1.00. The van der Waals surface area contributed by atoms with Crippen molar-refractivity contribution in [1.82, 2.24) is 10.6 Å². The summed E-state index contributed by atoms with van der Waals surface area (Å²) < 4.78 is 5.50. The van der Waals surface area contributed by atoms with Crippen LogP contribution in [0, 0.1) is 5.92 Å². The summed E-state index contributed by atoms with van der Waals surface area (Å²) in [7, 11) is 0. The number of ether oxygens (including phenoxy) is 1. The molecule has 1 aliphatic carbocycles. The van der Waals surface area contributed by atoms with Crippen LogP contribution in [0.1, 0.15) is 46.0 Å². The Bertz CT molecular complexity index is 210. The van der Waals surface area contributed by atoms with Gasteiger partial charge in [-0.15, -0.1) is 0 Å². The van der Waals surface area contributed by atoms with Gasteiger partial charge in [0.05, 0.1) is 13.2 Å². The highest BCUT2D eigenvalue weighted by Crippen LogP contribution is 2.27. The van der Waals surface area contributed by atoms with E-state index in [0.717, 1.165) is 25.7 Å². The Labute approximate surface area is 106 Å². The molecule has 0 bridgehead atoms. The van der Waals surface area contributed by atoms with Gasteiger partial charge in [-0.1, -0.05) is 12.8 Å². The van der Waals surface area contributed by atoms with Crippen LogP contribution in [-0.2, 0) is 4.74 Å². The van der Waals surface area contributed by atoms with Crippen molar-refractivity contribution in [3.63, 3.8) is 0 Å². The molecule has 17 heavy (non-hydrogen) atoms. The van der Waals surface area contributed by atoms with Gasteiger partial charge in [-0.05, 0) is 39.0 Å². The van der Waals surface area contributed by atoms with Crippen molar-refractivity contribution in [3.05, 3.63) is 0 Å². The molecule has 0 amide bonds. The fourth-order valence-corrected chi connectivity index (χ4v) is 3.31. The molecule has 1 aliphatic heterocycles. The second-order valence-electron chi connectivity index (χ2n) is 5.86. The largest absolute Gasteiger partial charge is 0.379 e. The Morgan fingerprint density at radius 2 is 2.06 bits per heavy atom. The van der Waals surface area contributed by atoms with Crippen molar-refractivity contribution in [2.24, 2.45) is 5.92 Å². The summed E-state index contributed by atoms with van der Waals surface area (Å²) in [4.78, 5) is 0. The van der Waals surface area contributed by atoms with E-state index in [2.05, 4.69) is 24.5 Å². The Morgan fingerprint density at radius 3 is 2.71 bits per heavy atom. The van der Waals surface area contributed by atoms with Gasteiger partial charge in [-0.3, -0.25) is 0 Å². The topological polar surface area (TPSA) is 33.3 Å². The summed E-state index contributed by atoms with van der Waals surface area (Å²) in [6.07, 6.45) is 6.89. The zero-order valence-electron chi connectivity index (χ0n) is 11.4. The normalized spacial score (nSPS) is 30.4. The molecule has 0 radical (unpaired) electrons. The van der Waals surface area contributed by atoms with Crippen LogP contribution in [0.4, 0.5) is 0 Å². The van der Waals surface area contributed by atoms with Crippen LogP contribution in [0.25, 0.3) is 0 Å². The lowest BCUT2D eigenvalue weighted by molar-refractivity contribution is 0.0705. The maximum atomic E-state index is 5.50. The Balaban J connectivity index is 1.66. The molecule has 3 heteroatoms. The lowest BCUT2D eigenvalue weighted by Gasteiger charge is -2.30. The SMILES string of the molecule is CC(CC1COCCN1)N[C@H](C)C1CCCC1. The van der Waals surface area contributed by atoms with Gasteiger partial charge in [-0.2, -0.15) is 0 Å². The molecule has 1 saturated carbocycles. The maximum absolute atomic E-state index is 5.50. The van der Waals surface area contributed by atoms with Gasteiger partial charge >= 0.3 is 0 Å². The molecule has 3 nitrogen and oxygen atoms in total. The molecule has 0 aromatic heterocycles. The van der Waals surface area contributed by atoms with Gasteiger partial charge < -0.3 is 15.4 Å². The standard InChI is InChI=1S/C14H28N2O/c1-11(9-14-10-17-8-7-15-14)16-12(2)13-5-3-4-6-13/h11-16H,3-10H2,1-2H3/t11?,12-,14?/m1/s1. The molecule has 2 aliphatic rings. The van der Waals surface area contributed by atoms with Crippen LogP contribution >= 0.6 is 0 Å². The second kappa shape index (κ2) is 6.72. The average Bonchev–Trinajstić information content (AvgIpc) is 2.83. The third-order valence-electron chi connectivity index (χ3n) is 4.29. The van der Waals surface area contributed by atoms with E-state index in [9.17, 15) is 0 Å². The number of nitrogens with one attached hydrogen (secondary N) is 2. The lowest BCUT2D eigenvalue weighted by Crippen LogP contribution is -2.47. The van der Waals surface area contributed by atoms with Crippen LogP contribution in [0.5, 0.6) is 0 Å². The summed E-state index contributed by atoms with van der Waals surface area (Å²) in [6, 6.07) is 1.81. The van der Waals surface area contributed by atoms with Gasteiger partial charge in [0.1, 0.15) is 0 Å². The zero-order valence-corrected chi connectivity index (χ0v) is 11.4. The summed E-state index contributed by atoms with van der Waals surface area (Å²) >= 11 is 0. The Kier molecular flexibility index (Phi) is 5.26. The quantitative estimate of drug-likeness (QED) is 0.770. The van der Waals surface area contributed by atoms with Crippen LogP contribution in [0.3, 0.4) is 0 Å². The number of morpholine rings is 1. The van der Waals surface area contributed by atoms with E-state index in [-0.39, 0.29) is 0 Å². The van der Waals surface area contributed by atoms with Crippen molar-refractivity contribution in [2.75, 3.05) is 19.8 Å². The zero-order chi connectivity index (χ0) is 12.1. The van der Waals surface area contributed by atoms with Crippen molar-refractivity contribution in [1.29, 1.82) is 0 Å². The van der Waals surface area contributed by atoms with E-state index >= 15 is 0 Å². The highest BCUT2D eigenvalue weighted by molar-refractivity contribution is 4.82. The highest BCUT2D eigenvalue weighted by atomic mass is 16.5. The predicted octanol–water partition coefficient (Wildman–Crippen LogP) is 1.92. The summed E-state index contributed by atoms with van der Waals surface area (Å²) in [5.74, 6) is 0.910. The van der Waals surface area contributed by atoms with Gasteiger partial charge in [0.2, 0.25) is 0 Å². The number of hydrogen-bond donors (Lipinski definition) is 2. The van der Waals surface area contributed by atoms with Crippen molar-refractivity contribution in [3.8, 4) is 0 Å². The van der Waals surface area contributed by atoms with Crippen LogP contribution in [0.15, 0.2) is 0 Å². The molecule has 2 rings (SSSR count). The monoisotopic (exact) mass is 240 g/mol. The van der Waals surface area contributed by atoms with Crippen molar-refractivity contribution in [2.45, 2.75) is 64.1 Å². The van der Waals surface area contributed by atoms with Crippen molar-refractivity contribution >= 4 is 0 Å². The molecule has 1 saturated heterocycles. The van der Waals surface area contributed by atoms with E-state index in [4.69, 9.17) is 4.74 Å². The summed E-state index contributed by atoms with van der Waals surface area (Å²) in [5, 5.41) is 7.30. The van der Waals surface area contributed by atoms with Crippen LogP contribution < -0.4 is 10.6 Å². The summed E-state index contributed by atoms with van der Waals surface area (Å²) in [6.45, 7) is 7.43. The molecule has 2 unspecified atom stereocenters. The number of rotatable bonds is 5. The lowest BCUT2D eigenvalue weighted by atomic mass is 9.98. The molecular weight excluding hydrogens is 212 g/mol. The van der Waals surface area contributed by atoms with Gasteiger partial charge in [-0.25, -0.2) is 0 Å². The third-order valence-corrected chi connectivity index (χ3v) is 4.29. The second-order valence-corrected chi connectivity index (χ2v) is 5.86. The van der Waals surface area contributed by atoms with Crippen LogP contribution in [0.2, 0.25) is 0 Å². The molecule has 100 valence electrons. The smallest absolute Gasteiger partial charge is 0.0620 e. The van der Waals surface area contributed by atoms with Gasteiger partial charge in [0.25, 0.3) is 0 Å². The molecular formula is C14H28N2O. The Morgan fingerprint density at radius 1 is 1.29 bits per heavy atom. The predicted molar refractivity (Wildman–Crippen MR) is 71.2 cm³/mol. The van der Waals surface area contributed by atoms with E-state index in [1.807, 2.05) is 0 Å². The highest BCUT2D eigenvalue weighted by Gasteiger charge is 2.23. The van der Waals surface area contributed by atoms with Gasteiger partial charge in [0.15, 0.2) is 0 Å². The van der Waals surface area contributed by atoms with E-state index in [1.54, 1.807) is 0 Å². The third kappa shape index (κ3) is 4.23. The molecule has 3 atom stereocenters. The first-order valence-corrected chi connectivity index (χ1v) is 7.33. The molecule has 1 heterocycles. The molecule has 2 fully saturated rings. The minimum Gasteiger partial charge on any atom is -0.379 e.